The maximum absolute atomic E-state index is 12.5. The molecule has 6 heteroatoms. The Morgan fingerprint density at radius 1 is 1.29 bits per heavy atom. The molecule has 0 spiro atoms. The van der Waals surface area contributed by atoms with Gasteiger partial charge < -0.3 is 15.4 Å². The fourth-order valence-corrected chi connectivity index (χ4v) is 2.87. The van der Waals surface area contributed by atoms with Crippen LogP contribution in [0.4, 0.5) is 5.82 Å². The van der Waals surface area contributed by atoms with Crippen molar-refractivity contribution in [3.05, 3.63) is 42.2 Å². The summed E-state index contributed by atoms with van der Waals surface area (Å²) in [5, 5.41) is 0. The first-order valence-corrected chi connectivity index (χ1v) is 8.18. The van der Waals surface area contributed by atoms with Crippen molar-refractivity contribution in [2.75, 3.05) is 25.9 Å². The fourth-order valence-electron chi connectivity index (χ4n) is 2.87. The molecule has 6 nitrogen and oxygen atoms in total. The molecule has 126 valence electrons. The Morgan fingerprint density at radius 3 is 2.75 bits per heavy atom. The summed E-state index contributed by atoms with van der Waals surface area (Å²) in [6.07, 6.45) is 4.89. The first-order chi connectivity index (χ1) is 11.6. The summed E-state index contributed by atoms with van der Waals surface area (Å²) >= 11 is 0. The van der Waals surface area contributed by atoms with Crippen LogP contribution in [-0.4, -0.2) is 47.1 Å². The third-order valence-corrected chi connectivity index (χ3v) is 4.21. The molecule has 0 radical (unpaired) electrons. The first kappa shape index (κ1) is 16.4. The lowest BCUT2D eigenvalue weighted by atomic mass is 10.1. The van der Waals surface area contributed by atoms with Crippen LogP contribution >= 0.6 is 0 Å². The number of anilines is 1. The Labute approximate surface area is 141 Å². The zero-order chi connectivity index (χ0) is 16.9. The minimum atomic E-state index is -0.00192. The molecule has 1 atom stereocenters. The maximum atomic E-state index is 12.5. The Balaban J connectivity index is 1.67. The smallest absolute Gasteiger partial charge is 0.253 e. The van der Waals surface area contributed by atoms with Crippen molar-refractivity contribution in [1.29, 1.82) is 0 Å². The van der Waals surface area contributed by atoms with Gasteiger partial charge in [0.25, 0.3) is 5.91 Å². The van der Waals surface area contributed by atoms with E-state index in [0.717, 1.165) is 30.7 Å². The number of carbonyl (C=O) groups excluding carboxylic acids is 1. The van der Waals surface area contributed by atoms with E-state index < -0.39 is 0 Å². The largest absolute Gasteiger partial charge is 0.384 e. The van der Waals surface area contributed by atoms with Crippen molar-refractivity contribution >= 4 is 11.7 Å². The van der Waals surface area contributed by atoms with E-state index in [1.165, 1.54) is 12.7 Å². The molecular weight excluding hydrogens is 304 g/mol. The topological polar surface area (TPSA) is 81.3 Å². The normalized spacial score (nSPS) is 17.5. The first-order valence-electron chi connectivity index (χ1n) is 8.18. The molecule has 0 saturated carbocycles. The summed E-state index contributed by atoms with van der Waals surface area (Å²) in [5.41, 5.74) is 7.97. The highest BCUT2D eigenvalue weighted by atomic mass is 16.5. The number of nitrogens with two attached hydrogens (primary N) is 1. The van der Waals surface area contributed by atoms with Crippen molar-refractivity contribution in [3.8, 4) is 11.3 Å². The van der Waals surface area contributed by atoms with Gasteiger partial charge in [0.2, 0.25) is 0 Å². The Hall–Kier alpha value is -2.47. The second-order valence-corrected chi connectivity index (χ2v) is 6.08. The maximum Gasteiger partial charge on any atom is 0.253 e. The molecule has 1 aliphatic rings. The zero-order valence-electron chi connectivity index (χ0n) is 13.8. The van der Waals surface area contributed by atoms with Crippen molar-refractivity contribution in [1.82, 2.24) is 14.9 Å². The van der Waals surface area contributed by atoms with E-state index in [4.69, 9.17) is 10.5 Å². The standard InChI is InChI=1S/C18H22N4O2/c1-22(11-15-4-2-3-9-24-15)18(23)14-7-5-13(6-8-14)16-10-17(19)21-12-20-16/h5-8,10,12,15H,2-4,9,11H2,1H3,(H2,19,20,21)/t15-/m0/s1. The molecule has 2 N–H and O–H groups in total. The number of likely N-dealkylation sites (N-methyl/N-ethyl adjacent to an activating group) is 1. The number of aromatic nitrogens is 2. The quantitative estimate of drug-likeness (QED) is 0.933. The fraction of sp³-hybridized carbons (Fsp3) is 0.389. The van der Waals surface area contributed by atoms with Crippen LogP contribution in [0.15, 0.2) is 36.7 Å². The number of benzene rings is 1. The number of hydrogen-bond acceptors (Lipinski definition) is 5. The van der Waals surface area contributed by atoms with Crippen LogP contribution in [0, 0.1) is 0 Å². The number of amides is 1. The van der Waals surface area contributed by atoms with E-state index in [9.17, 15) is 4.79 Å². The number of nitrogen functional groups attached to an aromatic ring is 1. The van der Waals surface area contributed by atoms with Crippen LogP contribution in [0.25, 0.3) is 11.3 Å². The van der Waals surface area contributed by atoms with Crippen LogP contribution < -0.4 is 5.73 Å². The predicted octanol–water partition coefficient (Wildman–Crippen LogP) is 2.37. The van der Waals surface area contributed by atoms with Gasteiger partial charge >= 0.3 is 0 Å². The number of ether oxygens (including phenoxy) is 1. The highest BCUT2D eigenvalue weighted by Crippen LogP contribution is 2.19. The summed E-state index contributed by atoms with van der Waals surface area (Å²) < 4.78 is 5.70. The second kappa shape index (κ2) is 7.40. The van der Waals surface area contributed by atoms with Gasteiger partial charge in [0.05, 0.1) is 11.8 Å². The highest BCUT2D eigenvalue weighted by Gasteiger charge is 2.19. The molecule has 3 rings (SSSR count). The minimum Gasteiger partial charge on any atom is -0.384 e. The third-order valence-electron chi connectivity index (χ3n) is 4.21. The van der Waals surface area contributed by atoms with Crippen molar-refractivity contribution in [2.24, 2.45) is 0 Å². The average molecular weight is 326 g/mol. The SMILES string of the molecule is CN(C[C@@H]1CCCCO1)C(=O)c1ccc(-c2cc(N)ncn2)cc1. The summed E-state index contributed by atoms with van der Waals surface area (Å²) in [4.78, 5) is 22.4. The van der Waals surface area contributed by atoms with Gasteiger partial charge in [-0.1, -0.05) is 12.1 Å². The number of hydrogen-bond donors (Lipinski definition) is 1. The van der Waals surface area contributed by atoms with Crippen LogP contribution in [0.5, 0.6) is 0 Å². The van der Waals surface area contributed by atoms with Gasteiger partial charge in [-0.15, -0.1) is 0 Å². The number of nitrogens with zero attached hydrogens (tertiary/aromatic N) is 3. The molecule has 2 aromatic rings. The van der Waals surface area contributed by atoms with Gasteiger partial charge in [0, 0.05) is 37.4 Å². The Bertz CT molecular complexity index is 696. The van der Waals surface area contributed by atoms with Crippen molar-refractivity contribution in [3.63, 3.8) is 0 Å². The van der Waals surface area contributed by atoms with Crippen molar-refractivity contribution in [2.45, 2.75) is 25.4 Å². The molecule has 0 unspecified atom stereocenters. The molecule has 0 aliphatic carbocycles. The molecule has 1 aromatic carbocycles. The summed E-state index contributed by atoms with van der Waals surface area (Å²) in [6.45, 7) is 1.42. The summed E-state index contributed by atoms with van der Waals surface area (Å²) in [5.74, 6) is 0.422. The van der Waals surface area contributed by atoms with E-state index in [1.807, 2.05) is 31.3 Å². The zero-order valence-corrected chi connectivity index (χ0v) is 13.8. The minimum absolute atomic E-state index is 0.00192. The molecule has 0 bridgehead atoms. The van der Waals surface area contributed by atoms with Crippen LogP contribution in [-0.2, 0) is 4.74 Å². The van der Waals surface area contributed by atoms with E-state index in [1.54, 1.807) is 11.0 Å². The summed E-state index contributed by atoms with van der Waals surface area (Å²) in [6, 6.07) is 9.09. The van der Waals surface area contributed by atoms with E-state index in [0.29, 0.717) is 17.9 Å². The van der Waals surface area contributed by atoms with Crippen LogP contribution in [0.2, 0.25) is 0 Å². The van der Waals surface area contributed by atoms with E-state index in [-0.39, 0.29) is 12.0 Å². The lowest BCUT2D eigenvalue weighted by Gasteiger charge is -2.27. The number of carbonyl (C=O) groups is 1. The van der Waals surface area contributed by atoms with E-state index in [2.05, 4.69) is 9.97 Å². The molecule has 1 aromatic heterocycles. The average Bonchev–Trinajstić information content (AvgIpc) is 2.62. The van der Waals surface area contributed by atoms with Gasteiger partial charge in [-0.3, -0.25) is 4.79 Å². The molecular formula is C18H22N4O2. The number of rotatable bonds is 4. The highest BCUT2D eigenvalue weighted by molar-refractivity contribution is 5.94. The molecule has 1 fully saturated rings. The summed E-state index contributed by atoms with van der Waals surface area (Å²) in [7, 11) is 1.82. The molecule has 24 heavy (non-hydrogen) atoms. The van der Waals surface area contributed by atoms with Crippen LogP contribution in [0.3, 0.4) is 0 Å². The van der Waals surface area contributed by atoms with Crippen LogP contribution in [0.1, 0.15) is 29.6 Å². The lowest BCUT2D eigenvalue weighted by Crippen LogP contribution is -2.37. The van der Waals surface area contributed by atoms with Gasteiger partial charge in [-0.2, -0.15) is 0 Å². The Kier molecular flexibility index (Phi) is 5.05. The predicted molar refractivity (Wildman–Crippen MR) is 92.4 cm³/mol. The molecule has 1 amide bonds. The van der Waals surface area contributed by atoms with E-state index >= 15 is 0 Å². The van der Waals surface area contributed by atoms with Gasteiger partial charge in [0.15, 0.2) is 0 Å². The van der Waals surface area contributed by atoms with Crippen molar-refractivity contribution < 1.29 is 9.53 Å². The lowest BCUT2D eigenvalue weighted by molar-refractivity contribution is -0.000186. The molecule has 1 aliphatic heterocycles. The third kappa shape index (κ3) is 3.89. The van der Waals surface area contributed by atoms with Gasteiger partial charge in [-0.05, 0) is 31.4 Å². The monoisotopic (exact) mass is 326 g/mol. The van der Waals surface area contributed by atoms with Gasteiger partial charge in [0.1, 0.15) is 12.1 Å². The molecule has 1 saturated heterocycles. The molecule has 2 heterocycles. The second-order valence-electron chi connectivity index (χ2n) is 6.08. The Morgan fingerprint density at radius 2 is 2.08 bits per heavy atom. The van der Waals surface area contributed by atoms with Gasteiger partial charge in [-0.25, -0.2) is 9.97 Å².